The average molecular weight is 447 g/mol. The molecular formula is C24H22N4O3S. The van der Waals surface area contributed by atoms with Gasteiger partial charge in [0, 0.05) is 35.7 Å². The first kappa shape index (κ1) is 21.5. The third-order valence-corrected chi connectivity index (χ3v) is 5.63. The van der Waals surface area contributed by atoms with E-state index in [4.69, 9.17) is 4.74 Å². The van der Waals surface area contributed by atoms with Gasteiger partial charge < -0.3 is 10.1 Å². The van der Waals surface area contributed by atoms with Gasteiger partial charge in [-0.25, -0.2) is 9.97 Å². The fourth-order valence-electron chi connectivity index (χ4n) is 3.11. The number of aromatic nitrogens is 3. The quantitative estimate of drug-likeness (QED) is 0.444. The summed E-state index contributed by atoms with van der Waals surface area (Å²) in [4.78, 5) is 33.6. The van der Waals surface area contributed by atoms with Gasteiger partial charge in [-0.15, -0.1) is 11.3 Å². The molecule has 1 N–H and O–H groups in total. The highest BCUT2D eigenvalue weighted by Crippen LogP contribution is 2.23. The largest absolute Gasteiger partial charge is 0.494 e. The zero-order valence-corrected chi connectivity index (χ0v) is 18.3. The van der Waals surface area contributed by atoms with E-state index in [1.165, 1.54) is 28.3 Å². The van der Waals surface area contributed by atoms with Crippen LogP contribution < -0.4 is 15.6 Å². The first-order valence-electron chi connectivity index (χ1n) is 10.2. The highest BCUT2D eigenvalue weighted by molar-refractivity contribution is 7.13. The summed E-state index contributed by atoms with van der Waals surface area (Å²) in [6.07, 6.45) is 1.50. The highest BCUT2D eigenvalue weighted by Gasteiger charge is 2.11. The topological polar surface area (TPSA) is 86.1 Å². The standard InChI is InChI=1S/C24H22N4O3S/c1-2-31-19-10-8-17(9-11-19)20-14-22(29)28(16-26-20)13-12-25-23(30)21-15-32-24(27-21)18-6-4-3-5-7-18/h3-11,14-16H,2,12-13H2,1H3,(H,25,30). The van der Waals surface area contributed by atoms with Gasteiger partial charge in [-0.05, 0) is 31.2 Å². The normalized spacial score (nSPS) is 10.7. The number of thiazole rings is 1. The smallest absolute Gasteiger partial charge is 0.270 e. The van der Waals surface area contributed by atoms with Crippen LogP contribution in [-0.4, -0.2) is 33.6 Å². The summed E-state index contributed by atoms with van der Waals surface area (Å²) in [6, 6.07) is 18.6. The molecule has 162 valence electrons. The summed E-state index contributed by atoms with van der Waals surface area (Å²) in [5, 5.41) is 5.33. The second-order valence-electron chi connectivity index (χ2n) is 6.92. The first-order chi connectivity index (χ1) is 15.6. The minimum atomic E-state index is -0.268. The summed E-state index contributed by atoms with van der Waals surface area (Å²) in [6.45, 7) is 3.13. The number of amides is 1. The van der Waals surface area contributed by atoms with Crippen LogP contribution in [0.15, 0.2) is 77.2 Å². The molecule has 2 aromatic carbocycles. The van der Waals surface area contributed by atoms with Gasteiger partial charge in [-0.2, -0.15) is 0 Å². The summed E-state index contributed by atoms with van der Waals surface area (Å²) in [5.74, 6) is 0.506. The van der Waals surface area contributed by atoms with Gasteiger partial charge >= 0.3 is 0 Å². The Bertz CT molecular complexity index is 1250. The Kier molecular flexibility index (Phi) is 6.72. The van der Waals surface area contributed by atoms with E-state index in [-0.39, 0.29) is 11.5 Å². The Morgan fingerprint density at radius 3 is 2.59 bits per heavy atom. The van der Waals surface area contributed by atoms with E-state index in [0.29, 0.717) is 31.1 Å². The molecule has 2 heterocycles. The SMILES string of the molecule is CCOc1ccc(-c2cc(=O)n(CCNC(=O)c3csc(-c4ccccc4)n3)cn2)cc1. The maximum Gasteiger partial charge on any atom is 0.270 e. The van der Waals surface area contributed by atoms with Crippen molar-refractivity contribution in [1.82, 2.24) is 19.9 Å². The van der Waals surface area contributed by atoms with E-state index < -0.39 is 0 Å². The lowest BCUT2D eigenvalue weighted by Gasteiger charge is -2.08. The van der Waals surface area contributed by atoms with Crippen LogP contribution in [0.3, 0.4) is 0 Å². The van der Waals surface area contributed by atoms with Crippen LogP contribution in [0, 0.1) is 0 Å². The molecule has 0 atom stereocenters. The molecule has 4 aromatic rings. The molecule has 1 amide bonds. The summed E-state index contributed by atoms with van der Waals surface area (Å²) < 4.78 is 6.90. The van der Waals surface area contributed by atoms with Crippen molar-refractivity contribution in [2.75, 3.05) is 13.2 Å². The van der Waals surface area contributed by atoms with Gasteiger partial charge in [-0.3, -0.25) is 14.2 Å². The van der Waals surface area contributed by atoms with Crippen LogP contribution in [0.2, 0.25) is 0 Å². The fraction of sp³-hybridized carbons (Fsp3) is 0.167. The van der Waals surface area contributed by atoms with Crippen molar-refractivity contribution in [2.45, 2.75) is 13.5 Å². The molecule has 8 heteroatoms. The molecule has 2 aromatic heterocycles. The lowest BCUT2D eigenvalue weighted by atomic mass is 10.1. The molecule has 0 fully saturated rings. The Hall–Kier alpha value is -3.78. The molecule has 32 heavy (non-hydrogen) atoms. The van der Waals surface area contributed by atoms with Gasteiger partial charge in [0.15, 0.2) is 0 Å². The number of carbonyl (C=O) groups excluding carboxylic acids is 1. The molecule has 7 nitrogen and oxygen atoms in total. The molecule has 4 rings (SSSR count). The van der Waals surface area contributed by atoms with Crippen molar-refractivity contribution in [3.8, 4) is 27.6 Å². The molecule has 0 spiro atoms. The van der Waals surface area contributed by atoms with Gasteiger partial charge in [0.05, 0.1) is 18.6 Å². The van der Waals surface area contributed by atoms with E-state index >= 15 is 0 Å². The number of ether oxygens (including phenoxy) is 1. The summed E-state index contributed by atoms with van der Waals surface area (Å²) in [7, 11) is 0. The summed E-state index contributed by atoms with van der Waals surface area (Å²) in [5.41, 5.74) is 2.59. The lowest BCUT2D eigenvalue weighted by Crippen LogP contribution is -2.31. The van der Waals surface area contributed by atoms with E-state index in [1.54, 1.807) is 5.38 Å². The second kappa shape index (κ2) is 10.0. The number of hydrogen-bond donors (Lipinski definition) is 1. The molecule has 0 aliphatic heterocycles. The molecule has 0 radical (unpaired) electrons. The minimum Gasteiger partial charge on any atom is -0.494 e. The van der Waals surface area contributed by atoms with Crippen molar-refractivity contribution in [3.63, 3.8) is 0 Å². The number of nitrogens with zero attached hydrogens (tertiary/aromatic N) is 3. The van der Waals surface area contributed by atoms with Crippen LogP contribution in [-0.2, 0) is 6.54 Å². The molecule has 0 saturated carbocycles. The number of nitrogens with one attached hydrogen (secondary N) is 1. The van der Waals surface area contributed by atoms with Crippen LogP contribution in [0.25, 0.3) is 21.8 Å². The second-order valence-corrected chi connectivity index (χ2v) is 7.78. The Labute approximate surface area is 189 Å². The number of rotatable bonds is 8. The van der Waals surface area contributed by atoms with Crippen molar-refractivity contribution >= 4 is 17.2 Å². The zero-order chi connectivity index (χ0) is 22.3. The molecule has 0 aliphatic carbocycles. The van der Waals surface area contributed by atoms with Gasteiger partial charge in [0.2, 0.25) is 0 Å². The van der Waals surface area contributed by atoms with E-state index in [9.17, 15) is 9.59 Å². The minimum absolute atomic E-state index is 0.182. The predicted octanol–water partition coefficient (Wildman–Crippen LogP) is 3.86. The van der Waals surface area contributed by atoms with E-state index in [1.807, 2.05) is 61.5 Å². The molecular weight excluding hydrogens is 424 g/mol. The maximum atomic E-state index is 12.5. The van der Waals surface area contributed by atoms with Crippen molar-refractivity contribution < 1.29 is 9.53 Å². The third-order valence-electron chi connectivity index (χ3n) is 4.74. The number of benzene rings is 2. The molecule has 0 aliphatic rings. The third kappa shape index (κ3) is 5.09. The molecule has 0 saturated heterocycles. The van der Waals surface area contributed by atoms with Crippen molar-refractivity contribution in [1.29, 1.82) is 0 Å². The Balaban J connectivity index is 1.34. The van der Waals surface area contributed by atoms with Crippen LogP contribution >= 0.6 is 11.3 Å². The number of carbonyl (C=O) groups is 1. The first-order valence-corrected chi connectivity index (χ1v) is 11.1. The number of hydrogen-bond acceptors (Lipinski definition) is 6. The highest BCUT2D eigenvalue weighted by atomic mass is 32.1. The molecule has 0 unspecified atom stereocenters. The van der Waals surface area contributed by atoms with Crippen molar-refractivity contribution in [2.24, 2.45) is 0 Å². The lowest BCUT2D eigenvalue weighted by molar-refractivity contribution is 0.0948. The van der Waals surface area contributed by atoms with Crippen LogP contribution in [0.4, 0.5) is 0 Å². The monoisotopic (exact) mass is 446 g/mol. The fourth-order valence-corrected chi connectivity index (χ4v) is 3.92. The zero-order valence-electron chi connectivity index (χ0n) is 17.5. The van der Waals surface area contributed by atoms with Gasteiger partial charge in [0.1, 0.15) is 16.5 Å². The van der Waals surface area contributed by atoms with Gasteiger partial charge in [0.25, 0.3) is 11.5 Å². The maximum absolute atomic E-state index is 12.5. The Morgan fingerprint density at radius 2 is 1.88 bits per heavy atom. The molecule has 0 bridgehead atoms. The van der Waals surface area contributed by atoms with Crippen LogP contribution in [0.1, 0.15) is 17.4 Å². The van der Waals surface area contributed by atoms with Crippen molar-refractivity contribution in [3.05, 3.63) is 88.4 Å². The van der Waals surface area contributed by atoms with Gasteiger partial charge in [-0.1, -0.05) is 30.3 Å². The Morgan fingerprint density at radius 1 is 1.09 bits per heavy atom. The van der Waals surface area contributed by atoms with Crippen LogP contribution in [0.5, 0.6) is 5.75 Å². The predicted molar refractivity (Wildman–Crippen MR) is 125 cm³/mol. The van der Waals surface area contributed by atoms with E-state index in [2.05, 4.69) is 15.3 Å². The average Bonchev–Trinajstić information content (AvgIpc) is 3.32. The summed E-state index contributed by atoms with van der Waals surface area (Å²) >= 11 is 1.42. The van der Waals surface area contributed by atoms with E-state index in [0.717, 1.165) is 21.9 Å².